The Balaban J connectivity index is 2.18. The van der Waals surface area contributed by atoms with Crippen LogP contribution in [0, 0.1) is 17.8 Å². The van der Waals surface area contributed by atoms with Crippen molar-refractivity contribution >= 4 is 5.91 Å². The highest BCUT2D eigenvalue weighted by Crippen LogP contribution is 2.31. The Morgan fingerprint density at radius 1 is 1.05 bits per heavy atom. The summed E-state index contributed by atoms with van der Waals surface area (Å²) in [7, 11) is 3.33. The second kappa shape index (κ2) is 17.0. The molecule has 1 heterocycles. The van der Waals surface area contributed by atoms with Gasteiger partial charge in [-0.25, -0.2) is 0 Å². The van der Waals surface area contributed by atoms with Gasteiger partial charge in [0.25, 0.3) is 0 Å². The van der Waals surface area contributed by atoms with Crippen molar-refractivity contribution in [1.29, 1.82) is 0 Å². The number of β-amino-alcohol motifs (C(OH)–C–C–N with tert-alkyl or cyclic N) is 1. The van der Waals surface area contributed by atoms with E-state index >= 15 is 0 Å². The van der Waals surface area contributed by atoms with E-state index < -0.39 is 12.1 Å². The lowest BCUT2D eigenvalue weighted by Crippen LogP contribution is -2.54. The number of hydrogen-bond acceptors (Lipinski definition) is 7. The van der Waals surface area contributed by atoms with Crippen LogP contribution in [-0.2, 0) is 16.0 Å². The molecule has 4 N–H and O–H groups in total. The Kier molecular flexibility index (Phi) is 14.4. The maximum absolute atomic E-state index is 13.0. The van der Waals surface area contributed by atoms with Gasteiger partial charge in [0.1, 0.15) is 0 Å². The Labute approximate surface area is 230 Å². The molecule has 0 aromatic heterocycles. The Morgan fingerprint density at radius 2 is 1.76 bits per heavy atom. The van der Waals surface area contributed by atoms with Crippen molar-refractivity contribution in [3.8, 4) is 11.5 Å². The van der Waals surface area contributed by atoms with Crippen molar-refractivity contribution in [3.63, 3.8) is 0 Å². The fourth-order valence-corrected chi connectivity index (χ4v) is 4.99. The van der Waals surface area contributed by atoms with Gasteiger partial charge in [0.15, 0.2) is 11.5 Å². The van der Waals surface area contributed by atoms with Gasteiger partial charge in [-0.2, -0.15) is 0 Å². The molecule has 1 saturated heterocycles. The molecule has 4 atom stereocenters. The van der Waals surface area contributed by atoms with Crippen molar-refractivity contribution in [3.05, 3.63) is 23.8 Å². The summed E-state index contributed by atoms with van der Waals surface area (Å²) in [6.07, 6.45) is 5.16. The second-order valence-corrected chi connectivity index (χ2v) is 11.4. The van der Waals surface area contributed by atoms with Crippen LogP contribution in [0.5, 0.6) is 11.5 Å². The molecule has 0 unspecified atom stereocenters. The molecule has 2 rings (SSSR count). The minimum Gasteiger partial charge on any atom is -0.493 e. The van der Waals surface area contributed by atoms with Crippen LogP contribution in [-0.4, -0.2) is 81.2 Å². The van der Waals surface area contributed by atoms with Gasteiger partial charge in [-0.05, 0) is 74.2 Å². The molecule has 0 aliphatic carbocycles. The number of nitrogens with zero attached hydrogens (tertiary/aromatic N) is 1. The van der Waals surface area contributed by atoms with Gasteiger partial charge < -0.3 is 35.3 Å². The topological polar surface area (TPSA) is 106 Å². The first-order valence-electron chi connectivity index (χ1n) is 14.4. The number of piperidine rings is 1. The van der Waals surface area contributed by atoms with Gasteiger partial charge in [-0.1, -0.05) is 40.2 Å². The molecule has 1 fully saturated rings. The molecule has 0 bridgehead atoms. The Bertz CT molecular complexity index is 813. The average molecular weight is 536 g/mol. The molecule has 1 amide bonds. The molecular weight excluding hydrogens is 482 g/mol. The number of likely N-dealkylation sites (tertiary alicyclic amines) is 1. The third-order valence-corrected chi connectivity index (χ3v) is 7.68. The van der Waals surface area contributed by atoms with Crippen molar-refractivity contribution in [2.45, 2.75) is 84.4 Å². The Hall–Kier alpha value is -1.87. The lowest BCUT2D eigenvalue weighted by Gasteiger charge is -2.35. The molecule has 38 heavy (non-hydrogen) atoms. The summed E-state index contributed by atoms with van der Waals surface area (Å²) in [6.45, 7) is 12.0. The maximum atomic E-state index is 13.0. The molecule has 1 aliphatic rings. The number of ether oxygens (including phenoxy) is 3. The van der Waals surface area contributed by atoms with E-state index in [1.807, 2.05) is 26.0 Å². The predicted octanol–water partition coefficient (Wildman–Crippen LogP) is 3.63. The predicted molar refractivity (Wildman–Crippen MR) is 153 cm³/mol. The molecule has 0 radical (unpaired) electrons. The van der Waals surface area contributed by atoms with E-state index in [0.29, 0.717) is 37.8 Å². The highest BCUT2D eigenvalue weighted by atomic mass is 16.5. The fourth-order valence-electron chi connectivity index (χ4n) is 4.99. The van der Waals surface area contributed by atoms with Crippen LogP contribution in [0.25, 0.3) is 0 Å². The molecule has 1 aliphatic heterocycles. The molecule has 0 saturated carbocycles. The van der Waals surface area contributed by atoms with Gasteiger partial charge in [-0.3, -0.25) is 4.79 Å². The number of aliphatic hydroxyl groups excluding tert-OH is 1. The summed E-state index contributed by atoms with van der Waals surface area (Å²) >= 11 is 0. The number of nitrogens with two attached hydrogens (primary N) is 1. The number of nitrogens with one attached hydrogen (secondary N) is 1. The first-order valence-corrected chi connectivity index (χ1v) is 14.4. The van der Waals surface area contributed by atoms with Gasteiger partial charge in [0.05, 0.1) is 31.9 Å². The van der Waals surface area contributed by atoms with E-state index in [4.69, 9.17) is 19.9 Å². The number of carbonyl (C=O) groups is 1. The summed E-state index contributed by atoms with van der Waals surface area (Å²) in [6, 6.07) is 5.10. The second-order valence-electron chi connectivity index (χ2n) is 11.4. The third-order valence-electron chi connectivity index (χ3n) is 7.68. The summed E-state index contributed by atoms with van der Waals surface area (Å²) in [5, 5.41) is 14.5. The van der Waals surface area contributed by atoms with E-state index in [1.54, 1.807) is 14.2 Å². The molecule has 218 valence electrons. The van der Waals surface area contributed by atoms with Crippen molar-refractivity contribution in [2.24, 2.45) is 23.5 Å². The van der Waals surface area contributed by atoms with Crippen LogP contribution < -0.4 is 20.5 Å². The van der Waals surface area contributed by atoms with Gasteiger partial charge in [0, 0.05) is 26.7 Å². The van der Waals surface area contributed by atoms with Crippen LogP contribution in [0.2, 0.25) is 0 Å². The third kappa shape index (κ3) is 10.7. The zero-order valence-corrected chi connectivity index (χ0v) is 24.6. The SMILES string of the molecule is COCCCOc1cc(C[C@@H](C[C@H](NC(=O)[C@@H](N)C(C)C)[C@@H](O)CN2CCCCC2)C(C)C)ccc1OC. The number of aliphatic hydroxyl groups is 1. The fraction of sp³-hybridized carbons (Fsp3) is 0.767. The van der Waals surface area contributed by atoms with Gasteiger partial charge in [0.2, 0.25) is 5.91 Å². The van der Waals surface area contributed by atoms with E-state index in [9.17, 15) is 9.90 Å². The highest BCUT2D eigenvalue weighted by Gasteiger charge is 2.30. The lowest BCUT2D eigenvalue weighted by molar-refractivity contribution is -0.125. The molecule has 8 nitrogen and oxygen atoms in total. The number of rotatable bonds is 17. The van der Waals surface area contributed by atoms with Crippen LogP contribution in [0.3, 0.4) is 0 Å². The van der Waals surface area contributed by atoms with Crippen molar-refractivity contribution < 1.29 is 24.1 Å². The van der Waals surface area contributed by atoms with Gasteiger partial charge in [-0.15, -0.1) is 0 Å². The largest absolute Gasteiger partial charge is 0.493 e. The minimum absolute atomic E-state index is 0.0254. The number of hydrogen-bond donors (Lipinski definition) is 3. The minimum atomic E-state index is -0.659. The standard InChI is InChI=1S/C30H53N3O5/c1-21(2)24(17-23-11-12-27(37-6)28(18-23)38-16-10-15-36-5)19-25(32-30(35)29(31)22(3)4)26(34)20-33-13-8-7-9-14-33/h11-12,18,21-22,24-26,29,34H,7-10,13-17,19-20,31H2,1-6H3,(H,32,35)/t24-,25-,26-,29-/m0/s1. The summed E-state index contributed by atoms with van der Waals surface area (Å²) in [5.74, 6) is 1.85. The number of methoxy groups -OCH3 is 2. The molecule has 1 aromatic carbocycles. The number of benzene rings is 1. The summed E-state index contributed by atoms with van der Waals surface area (Å²) in [5.41, 5.74) is 7.31. The first kappa shape index (κ1) is 32.3. The van der Waals surface area contributed by atoms with Crippen molar-refractivity contribution in [1.82, 2.24) is 10.2 Å². The van der Waals surface area contributed by atoms with E-state index in [2.05, 4.69) is 30.1 Å². The normalized spacial score (nSPS) is 17.7. The number of amides is 1. The number of carbonyl (C=O) groups excluding carboxylic acids is 1. The molecule has 1 aromatic rings. The van der Waals surface area contributed by atoms with Crippen LogP contribution >= 0.6 is 0 Å². The Morgan fingerprint density at radius 3 is 2.37 bits per heavy atom. The van der Waals surface area contributed by atoms with Crippen LogP contribution in [0.1, 0.15) is 65.4 Å². The lowest BCUT2D eigenvalue weighted by atomic mass is 9.82. The van der Waals surface area contributed by atoms with Crippen LogP contribution in [0.15, 0.2) is 18.2 Å². The van der Waals surface area contributed by atoms with E-state index in [-0.39, 0.29) is 23.8 Å². The zero-order valence-electron chi connectivity index (χ0n) is 24.6. The smallest absolute Gasteiger partial charge is 0.237 e. The maximum Gasteiger partial charge on any atom is 0.237 e. The highest BCUT2D eigenvalue weighted by molar-refractivity contribution is 5.82. The van der Waals surface area contributed by atoms with Crippen molar-refractivity contribution in [2.75, 3.05) is 47.1 Å². The zero-order chi connectivity index (χ0) is 28.1. The van der Waals surface area contributed by atoms with E-state index in [0.717, 1.165) is 50.1 Å². The summed E-state index contributed by atoms with van der Waals surface area (Å²) < 4.78 is 16.6. The molecular formula is C30H53N3O5. The van der Waals surface area contributed by atoms with Crippen LogP contribution in [0.4, 0.5) is 0 Å². The average Bonchev–Trinajstić information content (AvgIpc) is 2.90. The summed E-state index contributed by atoms with van der Waals surface area (Å²) in [4.78, 5) is 15.3. The van der Waals surface area contributed by atoms with Gasteiger partial charge >= 0.3 is 0 Å². The van der Waals surface area contributed by atoms with E-state index in [1.165, 1.54) is 6.42 Å². The quantitative estimate of drug-likeness (QED) is 0.262. The first-order chi connectivity index (χ1) is 18.2. The molecule has 0 spiro atoms. The molecule has 8 heteroatoms. The monoisotopic (exact) mass is 535 g/mol.